The summed E-state index contributed by atoms with van der Waals surface area (Å²) >= 11 is 1.51. The number of aromatic hydroxyl groups is 1. The van der Waals surface area contributed by atoms with Crippen LogP contribution in [-0.4, -0.2) is 36.8 Å². The van der Waals surface area contributed by atoms with Gasteiger partial charge in [0.05, 0.1) is 19.1 Å². The van der Waals surface area contributed by atoms with Crippen molar-refractivity contribution in [2.75, 3.05) is 31.4 Å². The number of fused-ring (bicyclic) bond motifs is 1. The second-order valence-corrected chi connectivity index (χ2v) is 6.37. The Balaban J connectivity index is 2.08. The summed E-state index contributed by atoms with van der Waals surface area (Å²) in [6, 6.07) is 3.47. The number of methoxy groups -OCH3 is 2. The molecule has 7 nitrogen and oxygen atoms in total. The van der Waals surface area contributed by atoms with Gasteiger partial charge >= 0.3 is 0 Å². The molecule has 0 radical (unpaired) electrons. The normalized spacial score (nSPS) is 16.3. The van der Waals surface area contributed by atoms with E-state index in [-0.39, 0.29) is 17.6 Å². The van der Waals surface area contributed by atoms with Crippen LogP contribution in [0, 0.1) is 0 Å². The Kier molecular flexibility index (Phi) is 4.48. The number of anilines is 2. The number of phenols is 1. The van der Waals surface area contributed by atoms with Gasteiger partial charge in [0.15, 0.2) is 16.6 Å². The maximum Gasteiger partial charge on any atom is 0.226 e. The second-order valence-electron chi connectivity index (χ2n) is 5.34. The molecule has 1 amide bonds. The van der Waals surface area contributed by atoms with Crippen LogP contribution >= 0.6 is 11.3 Å². The van der Waals surface area contributed by atoms with Crippen molar-refractivity contribution in [3.05, 3.63) is 22.6 Å². The molecular formula is C16H19N3O4S. The average Bonchev–Trinajstić information content (AvgIpc) is 2.97. The van der Waals surface area contributed by atoms with E-state index in [4.69, 9.17) is 9.47 Å². The third-order valence-corrected chi connectivity index (χ3v) is 4.98. The first-order valence-electron chi connectivity index (χ1n) is 7.56. The first kappa shape index (κ1) is 16.4. The molecule has 1 aliphatic rings. The molecule has 1 aromatic carbocycles. The molecule has 3 rings (SSSR count). The Hall–Kier alpha value is -2.48. The number of carbonyl (C=O) groups is 1. The number of nitrogens with one attached hydrogen (secondary N) is 2. The number of aromatic nitrogens is 1. The Bertz CT molecular complexity index is 750. The number of thiazole rings is 1. The van der Waals surface area contributed by atoms with Crippen LogP contribution in [-0.2, 0) is 4.79 Å². The van der Waals surface area contributed by atoms with E-state index in [1.165, 1.54) is 25.6 Å². The number of hydrogen-bond acceptors (Lipinski definition) is 7. The van der Waals surface area contributed by atoms with E-state index < -0.39 is 0 Å². The van der Waals surface area contributed by atoms with Gasteiger partial charge in [0.25, 0.3) is 0 Å². The number of hydrogen-bond donors (Lipinski definition) is 3. The number of rotatable bonds is 5. The summed E-state index contributed by atoms with van der Waals surface area (Å²) in [5.74, 6) is 0.903. The highest BCUT2D eigenvalue weighted by molar-refractivity contribution is 7.16. The summed E-state index contributed by atoms with van der Waals surface area (Å²) in [4.78, 5) is 17.5. The zero-order chi connectivity index (χ0) is 17.3. The Morgan fingerprint density at radius 3 is 2.62 bits per heavy atom. The summed E-state index contributed by atoms with van der Waals surface area (Å²) in [6.07, 6.45) is 0.303. The molecule has 1 aromatic heterocycles. The lowest BCUT2D eigenvalue weighted by molar-refractivity contribution is -0.116. The summed E-state index contributed by atoms with van der Waals surface area (Å²) in [5.41, 5.74) is 0.837. The predicted molar refractivity (Wildman–Crippen MR) is 92.6 cm³/mol. The number of carbonyl (C=O) groups excluding carboxylic acids is 1. The van der Waals surface area contributed by atoms with Crippen LogP contribution in [0.2, 0.25) is 0 Å². The van der Waals surface area contributed by atoms with Gasteiger partial charge in [0.2, 0.25) is 11.7 Å². The van der Waals surface area contributed by atoms with E-state index in [0.29, 0.717) is 23.7 Å². The van der Waals surface area contributed by atoms with Gasteiger partial charge in [-0.2, -0.15) is 0 Å². The SMILES string of the molecule is CCNc1nc2c(s1)[C@H](c1cc(OC)c(O)c(OC)c1)CC(=O)N2. The largest absolute Gasteiger partial charge is 0.502 e. The molecule has 0 bridgehead atoms. The van der Waals surface area contributed by atoms with Crippen LogP contribution in [0.3, 0.4) is 0 Å². The highest BCUT2D eigenvalue weighted by Gasteiger charge is 2.31. The molecule has 3 N–H and O–H groups in total. The minimum atomic E-state index is -0.165. The molecule has 0 fully saturated rings. The van der Waals surface area contributed by atoms with Gasteiger partial charge < -0.3 is 25.2 Å². The van der Waals surface area contributed by atoms with Gasteiger partial charge in [-0.3, -0.25) is 4.79 Å². The Labute approximate surface area is 143 Å². The van der Waals surface area contributed by atoms with Gasteiger partial charge in [-0.1, -0.05) is 11.3 Å². The van der Waals surface area contributed by atoms with Crippen molar-refractivity contribution >= 4 is 28.2 Å². The van der Waals surface area contributed by atoms with Crippen LogP contribution in [0.15, 0.2) is 12.1 Å². The quantitative estimate of drug-likeness (QED) is 0.769. The number of ether oxygens (including phenoxy) is 2. The maximum absolute atomic E-state index is 12.1. The van der Waals surface area contributed by atoms with E-state index in [2.05, 4.69) is 15.6 Å². The molecule has 128 valence electrons. The van der Waals surface area contributed by atoms with Crippen molar-refractivity contribution in [1.82, 2.24) is 4.98 Å². The van der Waals surface area contributed by atoms with Gasteiger partial charge in [-0.05, 0) is 24.6 Å². The topological polar surface area (TPSA) is 92.7 Å². The third kappa shape index (κ3) is 2.84. The lowest BCUT2D eigenvalue weighted by atomic mass is 9.91. The number of nitrogens with zero attached hydrogens (tertiary/aromatic N) is 1. The zero-order valence-corrected chi connectivity index (χ0v) is 14.5. The van der Waals surface area contributed by atoms with Gasteiger partial charge in [0.1, 0.15) is 5.82 Å². The molecule has 1 atom stereocenters. The van der Waals surface area contributed by atoms with Gasteiger partial charge in [0, 0.05) is 18.9 Å². The number of amides is 1. The van der Waals surface area contributed by atoms with Gasteiger partial charge in [-0.25, -0.2) is 4.98 Å². The number of phenolic OH excluding ortho intramolecular Hbond substituents is 1. The van der Waals surface area contributed by atoms with E-state index in [1.807, 2.05) is 6.92 Å². The van der Waals surface area contributed by atoms with E-state index in [0.717, 1.165) is 22.1 Å². The van der Waals surface area contributed by atoms with Crippen LogP contribution in [0.25, 0.3) is 0 Å². The van der Waals surface area contributed by atoms with Crippen LogP contribution in [0.5, 0.6) is 17.2 Å². The molecular weight excluding hydrogens is 330 g/mol. The fraction of sp³-hybridized carbons (Fsp3) is 0.375. The highest BCUT2D eigenvalue weighted by Crippen LogP contribution is 2.46. The van der Waals surface area contributed by atoms with Gasteiger partial charge in [-0.15, -0.1) is 0 Å². The lowest BCUT2D eigenvalue weighted by Gasteiger charge is -2.22. The summed E-state index contributed by atoms with van der Waals surface area (Å²) in [6.45, 7) is 2.75. The van der Waals surface area contributed by atoms with E-state index in [9.17, 15) is 9.90 Å². The molecule has 2 aromatic rings. The lowest BCUT2D eigenvalue weighted by Crippen LogP contribution is -2.22. The summed E-state index contributed by atoms with van der Waals surface area (Å²) in [5, 5.41) is 16.8. The summed E-state index contributed by atoms with van der Waals surface area (Å²) in [7, 11) is 2.96. The Morgan fingerprint density at radius 2 is 2.04 bits per heavy atom. The molecule has 24 heavy (non-hydrogen) atoms. The monoisotopic (exact) mass is 349 g/mol. The van der Waals surface area contributed by atoms with Crippen LogP contribution in [0.1, 0.15) is 29.7 Å². The van der Waals surface area contributed by atoms with Crippen molar-refractivity contribution in [2.24, 2.45) is 0 Å². The highest BCUT2D eigenvalue weighted by atomic mass is 32.1. The zero-order valence-electron chi connectivity index (χ0n) is 13.7. The van der Waals surface area contributed by atoms with Crippen LogP contribution in [0.4, 0.5) is 10.9 Å². The van der Waals surface area contributed by atoms with E-state index >= 15 is 0 Å². The molecule has 0 aliphatic carbocycles. The second kappa shape index (κ2) is 6.56. The fourth-order valence-electron chi connectivity index (χ4n) is 2.73. The number of benzene rings is 1. The Morgan fingerprint density at radius 1 is 1.38 bits per heavy atom. The minimum absolute atomic E-state index is 0.0538. The first-order valence-corrected chi connectivity index (χ1v) is 8.38. The van der Waals surface area contributed by atoms with Crippen LogP contribution < -0.4 is 20.1 Å². The van der Waals surface area contributed by atoms with Crippen molar-refractivity contribution in [2.45, 2.75) is 19.3 Å². The van der Waals surface area contributed by atoms with Crippen molar-refractivity contribution in [3.8, 4) is 17.2 Å². The molecule has 0 saturated carbocycles. The fourth-order valence-corrected chi connectivity index (χ4v) is 3.85. The molecule has 0 unspecified atom stereocenters. The standard InChI is InChI=1S/C16H19N3O4S/c1-4-17-16-19-15-14(24-16)9(7-12(20)18-15)8-5-10(22-2)13(21)11(6-8)23-3/h5-6,9,21H,4,7H2,1-3H3,(H,17,19)(H,18,20)/t9-/m0/s1. The minimum Gasteiger partial charge on any atom is -0.502 e. The smallest absolute Gasteiger partial charge is 0.226 e. The van der Waals surface area contributed by atoms with E-state index in [1.54, 1.807) is 12.1 Å². The predicted octanol–water partition coefficient (Wildman–Crippen LogP) is 2.77. The average molecular weight is 349 g/mol. The summed E-state index contributed by atoms with van der Waals surface area (Å²) < 4.78 is 10.4. The third-order valence-electron chi connectivity index (χ3n) is 3.85. The van der Waals surface area contributed by atoms with Crippen molar-refractivity contribution in [3.63, 3.8) is 0 Å². The van der Waals surface area contributed by atoms with Crippen molar-refractivity contribution < 1.29 is 19.4 Å². The molecule has 0 saturated heterocycles. The molecule has 0 spiro atoms. The first-order chi connectivity index (χ1) is 11.6. The van der Waals surface area contributed by atoms with Crippen molar-refractivity contribution in [1.29, 1.82) is 0 Å². The molecule has 8 heteroatoms. The molecule has 1 aliphatic heterocycles. The maximum atomic E-state index is 12.1. The molecule has 2 heterocycles.